The number of rotatable bonds is 5. The van der Waals surface area contributed by atoms with Gasteiger partial charge in [-0.05, 0) is 38.4 Å². The average Bonchev–Trinajstić information content (AvgIpc) is 2.13. The van der Waals surface area contributed by atoms with Crippen LogP contribution in [0.3, 0.4) is 0 Å². The lowest BCUT2D eigenvalue weighted by molar-refractivity contribution is 0.467. The van der Waals surface area contributed by atoms with E-state index in [1.807, 2.05) is 26.0 Å². The molecule has 0 aliphatic rings. The van der Waals surface area contributed by atoms with Crippen molar-refractivity contribution >= 4 is 12.4 Å². The van der Waals surface area contributed by atoms with E-state index in [2.05, 4.69) is 5.32 Å². The van der Waals surface area contributed by atoms with Gasteiger partial charge in [0.1, 0.15) is 5.82 Å². The minimum absolute atomic E-state index is 0. The first-order chi connectivity index (χ1) is 6.99. The van der Waals surface area contributed by atoms with Crippen molar-refractivity contribution in [2.24, 2.45) is 5.73 Å². The first-order valence-electron chi connectivity index (χ1n) is 5.22. The van der Waals surface area contributed by atoms with Gasteiger partial charge in [0.25, 0.3) is 0 Å². The smallest absolute Gasteiger partial charge is 0.126 e. The molecule has 0 radical (unpaired) electrons. The van der Waals surface area contributed by atoms with Gasteiger partial charge in [-0.1, -0.05) is 18.2 Å². The Morgan fingerprint density at radius 2 is 1.94 bits per heavy atom. The van der Waals surface area contributed by atoms with Gasteiger partial charge in [-0.15, -0.1) is 12.4 Å². The Morgan fingerprint density at radius 3 is 2.50 bits per heavy atom. The lowest BCUT2D eigenvalue weighted by Crippen LogP contribution is -2.43. The van der Waals surface area contributed by atoms with Gasteiger partial charge < -0.3 is 11.1 Å². The largest absolute Gasteiger partial charge is 0.324 e. The average molecular weight is 247 g/mol. The predicted molar refractivity (Wildman–Crippen MR) is 68.5 cm³/mol. The molecule has 0 aliphatic carbocycles. The Bertz CT molecular complexity index is 310. The second kappa shape index (κ2) is 6.84. The molecule has 0 amide bonds. The summed E-state index contributed by atoms with van der Waals surface area (Å²) in [5, 5.41) is 3.21. The number of nitrogens with two attached hydrogens (primary N) is 1. The van der Waals surface area contributed by atoms with Crippen molar-refractivity contribution in [3.05, 3.63) is 35.6 Å². The first-order valence-corrected chi connectivity index (χ1v) is 5.22. The van der Waals surface area contributed by atoms with Crippen LogP contribution in [0.15, 0.2) is 24.3 Å². The maximum absolute atomic E-state index is 13.2. The van der Waals surface area contributed by atoms with E-state index in [1.54, 1.807) is 6.07 Å². The van der Waals surface area contributed by atoms with E-state index in [-0.39, 0.29) is 23.8 Å². The number of hydrogen-bond donors (Lipinski definition) is 2. The summed E-state index contributed by atoms with van der Waals surface area (Å²) in [6, 6.07) is 6.85. The molecule has 0 unspecified atom stereocenters. The zero-order chi connectivity index (χ0) is 11.3. The van der Waals surface area contributed by atoms with Crippen molar-refractivity contribution in [3.8, 4) is 0 Å². The van der Waals surface area contributed by atoms with Gasteiger partial charge in [0.05, 0.1) is 0 Å². The molecule has 0 spiro atoms. The molecule has 4 heteroatoms. The Morgan fingerprint density at radius 1 is 1.31 bits per heavy atom. The van der Waals surface area contributed by atoms with Crippen LogP contribution < -0.4 is 11.1 Å². The minimum Gasteiger partial charge on any atom is -0.324 e. The first kappa shape index (κ1) is 15.4. The quantitative estimate of drug-likeness (QED) is 0.781. The molecule has 1 rings (SSSR count). The standard InChI is InChI=1S/C12H19FN2.ClH/c1-12(2,14)9-15-8-7-10-5-3-4-6-11(10)13;/h3-6,15H,7-9,14H2,1-2H3;1H. The lowest BCUT2D eigenvalue weighted by Gasteiger charge is -2.18. The zero-order valence-electron chi connectivity index (χ0n) is 9.79. The van der Waals surface area contributed by atoms with Gasteiger partial charge in [-0.3, -0.25) is 0 Å². The second-order valence-electron chi connectivity index (χ2n) is 4.51. The number of nitrogens with one attached hydrogen (secondary N) is 1. The summed E-state index contributed by atoms with van der Waals surface area (Å²) < 4.78 is 13.2. The highest BCUT2D eigenvalue weighted by atomic mass is 35.5. The van der Waals surface area contributed by atoms with Crippen molar-refractivity contribution < 1.29 is 4.39 Å². The van der Waals surface area contributed by atoms with Gasteiger partial charge in [0.2, 0.25) is 0 Å². The second-order valence-corrected chi connectivity index (χ2v) is 4.51. The van der Waals surface area contributed by atoms with Crippen LogP contribution in [0.5, 0.6) is 0 Å². The third-order valence-corrected chi connectivity index (χ3v) is 2.11. The van der Waals surface area contributed by atoms with Gasteiger partial charge in [0.15, 0.2) is 0 Å². The van der Waals surface area contributed by atoms with Crippen LogP contribution in [0, 0.1) is 5.82 Å². The molecule has 0 atom stereocenters. The summed E-state index contributed by atoms with van der Waals surface area (Å²) in [7, 11) is 0. The molecular formula is C12H20ClFN2. The Kier molecular flexibility index (Phi) is 6.56. The van der Waals surface area contributed by atoms with Crippen LogP contribution in [-0.2, 0) is 6.42 Å². The van der Waals surface area contributed by atoms with Crippen LogP contribution in [0.2, 0.25) is 0 Å². The van der Waals surface area contributed by atoms with Crippen LogP contribution >= 0.6 is 12.4 Å². The molecule has 0 fully saturated rings. The van der Waals surface area contributed by atoms with Crippen LogP contribution in [0.4, 0.5) is 4.39 Å². The highest BCUT2D eigenvalue weighted by Crippen LogP contribution is 2.06. The van der Waals surface area contributed by atoms with Crippen LogP contribution in [0.1, 0.15) is 19.4 Å². The maximum Gasteiger partial charge on any atom is 0.126 e. The van der Waals surface area contributed by atoms with Crippen molar-refractivity contribution in [1.82, 2.24) is 5.32 Å². The van der Waals surface area contributed by atoms with E-state index in [0.717, 1.165) is 18.7 Å². The molecule has 0 heterocycles. The van der Waals surface area contributed by atoms with Crippen molar-refractivity contribution in [2.75, 3.05) is 13.1 Å². The van der Waals surface area contributed by atoms with Gasteiger partial charge >= 0.3 is 0 Å². The molecular weight excluding hydrogens is 227 g/mol. The monoisotopic (exact) mass is 246 g/mol. The fourth-order valence-corrected chi connectivity index (χ4v) is 1.33. The highest BCUT2D eigenvalue weighted by Gasteiger charge is 2.09. The molecule has 0 aromatic heterocycles. The van der Waals surface area contributed by atoms with Gasteiger partial charge in [-0.2, -0.15) is 0 Å². The zero-order valence-corrected chi connectivity index (χ0v) is 10.6. The van der Waals surface area contributed by atoms with Crippen LogP contribution in [-0.4, -0.2) is 18.6 Å². The summed E-state index contributed by atoms with van der Waals surface area (Å²) in [6.45, 7) is 5.41. The van der Waals surface area contributed by atoms with E-state index in [4.69, 9.17) is 5.73 Å². The van der Waals surface area contributed by atoms with Crippen molar-refractivity contribution in [2.45, 2.75) is 25.8 Å². The van der Waals surface area contributed by atoms with Crippen molar-refractivity contribution in [1.29, 1.82) is 0 Å². The summed E-state index contributed by atoms with van der Waals surface area (Å²) in [5.74, 6) is -0.133. The van der Waals surface area contributed by atoms with E-state index in [1.165, 1.54) is 6.07 Å². The van der Waals surface area contributed by atoms with Gasteiger partial charge in [0, 0.05) is 12.1 Å². The number of halogens is 2. The fraction of sp³-hybridized carbons (Fsp3) is 0.500. The van der Waals surface area contributed by atoms with Crippen molar-refractivity contribution in [3.63, 3.8) is 0 Å². The van der Waals surface area contributed by atoms with E-state index in [9.17, 15) is 4.39 Å². The van der Waals surface area contributed by atoms with Crippen LogP contribution in [0.25, 0.3) is 0 Å². The summed E-state index contributed by atoms with van der Waals surface area (Å²) >= 11 is 0. The molecule has 92 valence electrons. The van der Waals surface area contributed by atoms with E-state index in [0.29, 0.717) is 6.42 Å². The maximum atomic E-state index is 13.2. The predicted octanol–water partition coefficient (Wildman–Crippen LogP) is 2.12. The Hall–Kier alpha value is -0.640. The molecule has 0 aliphatic heterocycles. The third kappa shape index (κ3) is 6.05. The number of hydrogen-bond acceptors (Lipinski definition) is 2. The molecule has 0 saturated carbocycles. The third-order valence-electron chi connectivity index (χ3n) is 2.11. The minimum atomic E-state index is -0.213. The van der Waals surface area contributed by atoms with E-state index < -0.39 is 0 Å². The molecule has 0 bridgehead atoms. The Balaban J connectivity index is 0.00000225. The Labute approximate surface area is 103 Å². The SMILES string of the molecule is CC(C)(N)CNCCc1ccccc1F.Cl. The normalized spacial score (nSPS) is 11.0. The molecule has 16 heavy (non-hydrogen) atoms. The molecule has 3 N–H and O–H groups in total. The summed E-state index contributed by atoms with van der Waals surface area (Å²) in [4.78, 5) is 0. The summed E-state index contributed by atoms with van der Waals surface area (Å²) in [6.07, 6.45) is 0.697. The highest BCUT2D eigenvalue weighted by molar-refractivity contribution is 5.85. The number of benzene rings is 1. The van der Waals surface area contributed by atoms with Gasteiger partial charge in [-0.25, -0.2) is 4.39 Å². The molecule has 2 nitrogen and oxygen atoms in total. The fourth-order valence-electron chi connectivity index (χ4n) is 1.33. The van der Waals surface area contributed by atoms with E-state index >= 15 is 0 Å². The molecule has 1 aromatic rings. The lowest BCUT2D eigenvalue weighted by atomic mass is 10.1. The molecule has 0 saturated heterocycles. The topological polar surface area (TPSA) is 38.0 Å². The molecule has 1 aromatic carbocycles. The summed E-state index contributed by atoms with van der Waals surface area (Å²) in [5.41, 5.74) is 6.35.